The van der Waals surface area contributed by atoms with Gasteiger partial charge in [0.25, 0.3) is 0 Å². The number of ether oxygens (including phenoxy) is 1. The Balaban J connectivity index is 1.36. The molecule has 5 rings (SSSR count). The number of aromatic nitrogens is 4. The molecule has 1 aliphatic carbocycles. The highest BCUT2D eigenvalue weighted by molar-refractivity contribution is 5.97. The zero-order chi connectivity index (χ0) is 27.0. The topological polar surface area (TPSA) is 88.4 Å². The van der Waals surface area contributed by atoms with Crippen LogP contribution < -0.4 is 10.1 Å². The van der Waals surface area contributed by atoms with Crippen molar-refractivity contribution in [2.45, 2.75) is 38.8 Å². The van der Waals surface area contributed by atoms with Crippen molar-refractivity contribution in [3.8, 4) is 5.88 Å². The van der Waals surface area contributed by atoms with E-state index in [0.29, 0.717) is 36.2 Å². The Hall–Kier alpha value is -3.63. The maximum atomic E-state index is 15.0. The number of methoxy groups -OCH3 is 1. The van der Waals surface area contributed by atoms with E-state index in [1.54, 1.807) is 11.8 Å². The van der Waals surface area contributed by atoms with Gasteiger partial charge in [0, 0.05) is 62.2 Å². The lowest BCUT2D eigenvalue weighted by molar-refractivity contribution is -0.122. The normalized spacial score (nSPS) is 18.7. The summed E-state index contributed by atoms with van der Waals surface area (Å²) in [5, 5.41) is 7.41. The lowest BCUT2D eigenvalue weighted by Crippen LogP contribution is -2.56. The van der Waals surface area contributed by atoms with Crippen LogP contribution >= 0.6 is 0 Å². The SMILES string of the molecule is COc1nn(C)cc1Cc1ncc(F)c(C2=CCc3c(NC(=O)[C@@H](C)N4CCN(C)C[C@@H]4C)cccc32)n1. The van der Waals surface area contributed by atoms with Gasteiger partial charge in [0.1, 0.15) is 11.5 Å². The molecule has 2 aliphatic rings. The maximum absolute atomic E-state index is 15.0. The molecular formula is C28H34FN7O2. The van der Waals surface area contributed by atoms with Crippen LogP contribution in [-0.4, -0.2) is 81.3 Å². The number of carbonyl (C=O) groups is 1. The second-order valence-electron chi connectivity index (χ2n) is 10.2. The third-order valence-corrected chi connectivity index (χ3v) is 7.45. The van der Waals surface area contributed by atoms with E-state index in [0.717, 1.165) is 42.0 Å². The van der Waals surface area contributed by atoms with Crippen molar-refractivity contribution in [3.63, 3.8) is 0 Å². The number of nitrogens with zero attached hydrogens (tertiary/aromatic N) is 6. The summed E-state index contributed by atoms with van der Waals surface area (Å²) in [6, 6.07) is 5.78. The molecule has 200 valence electrons. The third-order valence-electron chi connectivity index (χ3n) is 7.45. The van der Waals surface area contributed by atoms with Crippen LogP contribution in [0.25, 0.3) is 5.57 Å². The van der Waals surface area contributed by atoms with Crippen molar-refractivity contribution >= 4 is 17.2 Å². The Labute approximate surface area is 222 Å². The first kappa shape index (κ1) is 26.0. The molecule has 2 aromatic heterocycles. The van der Waals surface area contributed by atoms with Gasteiger partial charge in [-0.2, -0.15) is 0 Å². The molecule has 0 saturated carbocycles. The molecule has 1 aromatic carbocycles. The van der Waals surface area contributed by atoms with Crippen molar-refractivity contribution < 1.29 is 13.9 Å². The third kappa shape index (κ3) is 5.06. The van der Waals surface area contributed by atoms with Gasteiger partial charge in [0.2, 0.25) is 11.8 Å². The smallest absolute Gasteiger partial charge is 0.241 e. The van der Waals surface area contributed by atoms with E-state index in [-0.39, 0.29) is 17.6 Å². The van der Waals surface area contributed by atoms with Gasteiger partial charge in [-0.15, -0.1) is 5.10 Å². The van der Waals surface area contributed by atoms with Crippen LogP contribution in [0.3, 0.4) is 0 Å². The first-order valence-electron chi connectivity index (χ1n) is 12.9. The molecule has 3 aromatic rings. The molecule has 38 heavy (non-hydrogen) atoms. The highest BCUT2D eigenvalue weighted by Crippen LogP contribution is 2.37. The van der Waals surface area contributed by atoms with Crippen molar-refractivity contribution in [1.29, 1.82) is 0 Å². The number of likely N-dealkylation sites (N-methyl/N-ethyl adjacent to an activating group) is 1. The van der Waals surface area contributed by atoms with Gasteiger partial charge in [0.15, 0.2) is 5.82 Å². The number of fused-ring (bicyclic) bond motifs is 1. The van der Waals surface area contributed by atoms with Crippen molar-refractivity contribution in [3.05, 3.63) is 70.7 Å². The summed E-state index contributed by atoms with van der Waals surface area (Å²) < 4.78 is 22.0. The van der Waals surface area contributed by atoms with E-state index >= 15 is 4.39 Å². The molecule has 1 amide bonds. The van der Waals surface area contributed by atoms with Crippen molar-refractivity contribution in [2.75, 3.05) is 39.1 Å². The Kier molecular flexibility index (Phi) is 7.27. The monoisotopic (exact) mass is 519 g/mol. The number of nitrogens with one attached hydrogen (secondary N) is 1. The van der Waals surface area contributed by atoms with Crippen molar-refractivity contribution in [2.24, 2.45) is 7.05 Å². The summed E-state index contributed by atoms with van der Waals surface area (Å²) in [7, 11) is 5.48. The largest absolute Gasteiger partial charge is 0.480 e. The molecule has 0 bridgehead atoms. The molecule has 2 atom stereocenters. The van der Waals surface area contributed by atoms with Gasteiger partial charge >= 0.3 is 0 Å². The predicted molar refractivity (Wildman–Crippen MR) is 144 cm³/mol. The van der Waals surface area contributed by atoms with Crippen LogP contribution in [0, 0.1) is 5.82 Å². The number of aryl methyl sites for hydroxylation is 1. The van der Waals surface area contributed by atoms with E-state index in [1.165, 1.54) is 6.20 Å². The average Bonchev–Trinajstić information content (AvgIpc) is 3.48. The second-order valence-corrected chi connectivity index (χ2v) is 10.2. The minimum atomic E-state index is -0.488. The number of benzene rings is 1. The summed E-state index contributed by atoms with van der Waals surface area (Å²) in [6.45, 7) is 6.84. The molecule has 3 heterocycles. The molecule has 1 saturated heterocycles. The minimum absolute atomic E-state index is 0.0378. The zero-order valence-corrected chi connectivity index (χ0v) is 22.5. The lowest BCUT2D eigenvalue weighted by Gasteiger charge is -2.41. The van der Waals surface area contributed by atoms with E-state index in [2.05, 4.69) is 44.2 Å². The zero-order valence-electron chi connectivity index (χ0n) is 22.5. The van der Waals surface area contributed by atoms with Gasteiger partial charge in [0.05, 0.1) is 19.3 Å². The fourth-order valence-corrected chi connectivity index (χ4v) is 5.49. The Morgan fingerprint density at radius 2 is 2.11 bits per heavy atom. The van der Waals surface area contributed by atoms with Gasteiger partial charge in [-0.25, -0.2) is 14.4 Å². The molecule has 1 aliphatic heterocycles. The van der Waals surface area contributed by atoms with Gasteiger partial charge in [-0.1, -0.05) is 18.2 Å². The average molecular weight is 520 g/mol. The molecule has 0 radical (unpaired) electrons. The van der Waals surface area contributed by atoms with Crippen LogP contribution in [0.2, 0.25) is 0 Å². The molecule has 10 heteroatoms. The summed E-state index contributed by atoms with van der Waals surface area (Å²) in [5.74, 6) is 0.442. The van der Waals surface area contributed by atoms with E-state index in [1.807, 2.05) is 44.4 Å². The number of amides is 1. The maximum Gasteiger partial charge on any atom is 0.241 e. The standard InChI is InChI=1S/C28H34FN7O2/c1-17-15-34(3)11-12-36(17)18(2)27(37)31-24-8-6-7-20-21(24)9-10-22(20)26-23(29)14-30-25(32-26)13-19-16-35(4)33-28(19)38-5/h6-8,10,14,16-18H,9,11-13,15H2,1-5H3,(H,31,37)/t17-,18+/m0/s1. The van der Waals surface area contributed by atoms with Crippen LogP contribution in [0.5, 0.6) is 5.88 Å². The quantitative estimate of drug-likeness (QED) is 0.514. The first-order valence-corrected chi connectivity index (χ1v) is 12.9. The summed E-state index contributed by atoms with van der Waals surface area (Å²) in [5.41, 5.74) is 4.36. The number of hydrogen-bond acceptors (Lipinski definition) is 7. The second kappa shape index (κ2) is 10.6. The molecule has 9 nitrogen and oxygen atoms in total. The number of piperazine rings is 1. The summed E-state index contributed by atoms with van der Waals surface area (Å²) in [4.78, 5) is 26.6. The fraction of sp³-hybridized carbons (Fsp3) is 0.429. The number of hydrogen-bond donors (Lipinski definition) is 1. The molecule has 0 spiro atoms. The fourth-order valence-electron chi connectivity index (χ4n) is 5.49. The van der Waals surface area contributed by atoms with Crippen LogP contribution in [0.1, 0.15) is 42.1 Å². The van der Waals surface area contributed by atoms with Crippen molar-refractivity contribution in [1.82, 2.24) is 29.5 Å². The van der Waals surface area contributed by atoms with Gasteiger partial charge < -0.3 is 15.0 Å². The first-order chi connectivity index (χ1) is 18.2. The van der Waals surface area contributed by atoms with Crippen LogP contribution in [-0.2, 0) is 24.7 Å². The Bertz CT molecular complexity index is 1390. The number of carbonyl (C=O) groups excluding carboxylic acids is 1. The molecule has 0 unspecified atom stereocenters. The van der Waals surface area contributed by atoms with Gasteiger partial charge in [-0.05, 0) is 44.5 Å². The molecule has 1 fully saturated rings. The van der Waals surface area contributed by atoms with Gasteiger partial charge in [-0.3, -0.25) is 14.4 Å². The minimum Gasteiger partial charge on any atom is -0.480 e. The van der Waals surface area contributed by atoms with E-state index < -0.39 is 5.82 Å². The highest BCUT2D eigenvalue weighted by Gasteiger charge is 2.30. The molecular weight excluding hydrogens is 485 g/mol. The Morgan fingerprint density at radius 3 is 2.87 bits per heavy atom. The number of anilines is 1. The Morgan fingerprint density at radius 1 is 1.29 bits per heavy atom. The summed E-state index contributed by atoms with van der Waals surface area (Å²) in [6.07, 6.45) is 5.96. The lowest BCUT2D eigenvalue weighted by atomic mass is 10.0. The van der Waals surface area contributed by atoms with E-state index in [4.69, 9.17) is 4.74 Å². The number of rotatable bonds is 7. The summed E-state index contributed by atoms with van der Waals surface area (Å²) >= 11 is 0. The number of halogens is 1. The van der Waals surface area contributed by atoms with Crippen LogP contribution in [0.4, 0.5) is 10.1 Å². The predicted octanol–water partition coefficient (Wildman–Crippen LogP) is 2.90. The number of allylic oxidation sites excluding steroid dienone is 1. The molecule has 1 N–H and O–H groups in total. The van der Waals surface area contributed by atoms with E-state index in [9.17, 15) is 4.79 Å². The highest BCUT2D eigenvalue weighted by atomic mass is 19.1. The van der Waals surface area contributed by atoms with Crippen LogP contribution in [0.15, 0.2) is 36.7 Å².